The first-order valence-electron chi connectivity index (χ1n) is 6.78. The first-order valence-corrected chi connectivity index (χ1v) is 7.86. The molecular weight excluding hydrogens is 391 g/mol. The van der Waals surface area contributed by atoms with Crippen LogP contribution in [-0.2, 0) is 4.79 Å². The lowest BCUT2D eigenvalue weighted by molar-refractivity contribution is -0.136. The van der Waals surface area contributed by atoms with Gasteiger partial charge in [0.1, 0.15) is 11.5 Å². The zero-order chi connectivity index (χ0) is 15.4. The van der Waals surface area contributed by atoms with E-state index in [1.807, 2.05) is 54.6 Å². The number of halogens is 1. The molecule has 0 heterocycles. The highest BCUT2D eigenvalue weighted by Crippen LogP contribution is 2.20. The van der Waals surface area contributed by atoms with E-state index in [9.17, 15) is 4.79 Å². The highest BCUT2D eigenvalue weighted by molar-refractivity contribution is 14.1. The third-order valence-electron chi connectivity index (χ3n) is 3.12. The molecule has 0 radical (unpaired) electrons. The minimum atomic E-state index is -0.422. The molecule has 0 bridgehead atoms. The van der Waals surface area contributed by atoms with Crippen molar-refractivity contribution in [2.75, 3.05) is 6.61 Å². The van der Waals surface area contributed by atoms with Gasteiger partial charge < -0.3 is 9.47 Å². The van der Waals surface area contributed by atoms with E-state index in [2.05, 4.69) is 22.6 Å². The zero-order valence-corrected chi connectivity index (χ0v) is 13.8. The van der Waals surface area contributed by atoms with Gasteiger partial charge in [-0.2, -0.15) is 0 Å². The lowest BCUT2D eigenvalue weighted by Crippen LogP contribution is -2.17. The van der Waals surface area contributed by atoms with E-state index < -0.39 is 5.97 Å². The van der Waals surface area contributed by atoms with Gasteiger partial charge >= 0.3 is 5.97 Å². The fourth-order valence-corrected chi connectivity index (χ4v) is 2.42. The van der Waals surface area contributed by atoms with Crippen LogP contribution >= 0.6 is 22.6 Å². The number of ether oxygens (including phenoxy) is 2. The normalized spacial score (nSPS) is 10.4. The maximum absolute atomic E-state index is 11.8. The highest BCUT2D eigenvalue weighted by atomic mass is 127. The molecule has 3 rings (SSSR count). The van der Waals surface area contributed by atoms with Crippen molar-refractivity contribution in [2.45, 2.75) is 0 Å². The van der Waals surface area contributed by atoms with Crippen molar-refractivity contribution >= 4 is 39.3 Å². The van der Waals surface area contributed by atoms with Crippen LogP contribution in [0.2, 0.25) is 0 Å². The van der Waals surface area contributed by atoms with E-state index in [0.717, 1.165) is 14.3 Å². The van der Waals surface area contributed by atoms with E-state index in [1.54, 1.807) is 12.1 Å². The molecule has 0 N–H and O–H groups in total. The SMILES string of the molecule is O=C(COc1ccc2ccccc2c1)Oc1ccc(I)cc1. The number of hydrogen-bond donors (Lipinski definition) is 0. The van der Waals surface area contributed by atoms with Gasteiger partial charge in [-0.05, 0) is 69.8 Å². The fourth-order valence-electron chi connectivity index (χ4n) is 2.06. The molecule has 0 saturated heterocycles. The minimum Gasteiger partial charge on any atom is -0.482 e. The molecular formula is C18H13IO3. The van der Waals surface area contributed by atoms with Gasteiger partial charge in [-0.25, -0.2) is 4.79 Å². The smallest absolute Gasteiger partial charge is 0.349 e. The summed E-state index contributed by atoms with van der Waals surface area (Å²) in [5, 5.41) is 2.21. The molecule has 0 aliphatic heterocycles. The van der Waals surface area contributed by atoms with E-state index >= 15 is 0 Å². The summed E-state index contributed by atoms with van der Waals surface area (Å²) in [6.45, 7) is -0.121. The lowest BCUT2D eigenvalue weighted by Gasteiger charge is -2.07. The van der Waals surface area contributed by atoms with Gasteiger partial charge in [0.25, 0.3) is 0 Å². The monoisotopic (exact) mass is 404 g/mol. The van der Waals surface area contributed by atoms with Crippen molar-refractivity contribution in [3.8, 4) is 11.5 Å². The largest absolute Gasteiger partial charge is 0.482 e. The summed E-state index contributed by atoms with van der Waals surface area (Å²) in [4.78, 5) is 11.8. The van der Waals surface area contributed by atoms with Crippen LogP contribution in [-0.4, -0.2) is 12.6 Å². The first kappa shape index (κ1) is 14.8. The molecule has 3 nitrogen and oxygen atoms in total. The van der Waals surface area contributed by atoms with Crippen LogP contribution < -0.4 is 9.47 Å². The quantitative estimate of drug-likeness (QED) is 0.367. The van der Waals surface area contributed by atoms with Crippen molar-refractivity contribution in [1.82, 2.24) is 0 Å². The second-order valence-electron chi connectivity index (χ2n) is 4.73. The first-order chi connectivity index (χ1) is 10.7. The molecule has 22 heavy (non-hydrogen) atoms. The van der Waals surface area contributed by atoms with Crippen molar-refractivity contribution < 1.29 is 14.3 Å². The molecule has 4 heteroatoms. The molecule has 0 aromatic heterocycles. The summed E-state index contributed by atoms with van der Waals surface area (Å²) >= 11 is 2.20. The number of carbonyl (C=O) groups excluding carboxylic acids is 1. The molecule has 3 aromatic rings. The van der Waals surface area contributed by atoms with Crippen LogP contribution in [0.1, 0.15) is 0 Å². The number of hydrogen-bond acceptors (Lipinski definition) is 3. The Morgan fingerprint density at radius 1 is 0.864 bits per heavy atom. The van der Waals surface area contributed by atoms with E-state index in [1.165, 1.54) is 0 Å². The number of rotatable bonds is 4. The Morgan fingerprint density at radius 3 is 2.32 bits per heavy atom. The average Bonchev–Trinajstić information content (AvgIpc) is 2.55. The Hall–Kier alpha value is -2.08. The van der Waals surface area contributed by atoms with Crippen LogP contribution in [0, 0.1) is 3.57 Å². The molecule has 3 aromatic carbocycles. The average molecular weight is 404 g/mol. The summed E-state index contributed by atoms with van der Waals surface area (Å²) in [6, 6.07) is 21.0. The minimum absolute atomic E-state index is 0.121. The van der Waals surface area contributed by atoms with Gasteiger partial charge in [0, 0.05) is 3.57 Å². The third-order valence-corrected chi connectivity index (χ3v) is 3.84. The zero-order valence-electron chi connectivity index (χ0n) is 11.7. The maximum atomic E-state index is 11.8. The molecule has 0 atom stereocenters. The Morgan fingerprint density at radius 2 is 1.55 bits per heavy atom. The summed E-state index contributed by atoms with van der Waals surface area (Å²) in [5.41, 5.74) is 0. The van der Waals surface area contributed by atoms with Gasteiger partial charge in [0.05, 0.1) is 0 Å². The van der Waals surface area contributed by atoms with Crippen LogP contribution in [0.4, 0.5) is 0 Å². The molecule has 0 spiro atoms. The van der Waals surface area contributed by atoms with Gasteiger partial charge in [-0.3, -0.25) is 0 Å². The van der Waals surface area contributed by atoms with E-state index in [4.69, 9.17) is 9.47 Å². The predicted octanol–water partition coefficient (Wildman–Crippen LogP) is 4.43. The van der Waals surface area contributed by atoms with E-state index in [0.29, 0.717) is 11.5 Å². The molecule has 0 amide bonds. The Bertz CT molecular complexity index is 797. The maximum Gasteiger partial charge on any atom is 0.349 e. The number of carbonyl (C=O) groups is 1. The summed E-state index contributed by atoms with van der Waals surface area (Å²) < 4.78 is 11.8. The molecule has 0 aliphatic carbocycles. The van der Waals surface area contributed by atoms with Crippen molar-refractivity contribution in [2.24, 2.45) is 0 Å². The Kier molecular flexibility index (Phi) is 4.58. The van der Waals surface area contributed by atoms with Crippen LogP contribution in [0.5, 0.6) is 11.5 Å². The third kappa shape index (κ3) is 3.76. The molecule has 0 aliphatic rings. The van der Waals surface area contributed by atoms with Crippen molar-refractivity contribution in [1.29, 1.82) is 0 Å². The van der Waals surface area contributed by atoms with E-state index in [-0.39, 0.29) is 6.61 Å². The number of benzene rings is 3. The van der Waals surface area contributed by atoms with Crippen molar-refractivity contribution in [3.05, 3.63) is 70.3 Å². The fraction of sp³-hybridized carbons (Fsp3) is 0.0556. The number of esters is 1. The standard InChI is InChI=1S/C18H13IO3/c19-15-6-9-16(10-7-15)22-18(20)12-21-17-8-5-13-3-1-2-4-14(13)11-17/h1-11H,12H2. The summed E-state index contributed by atoms with van der Waals surface area (Å²) in [6.07, 6.45) is 0. The van der Waals surface area contributed by atoms with Crippen LogP contribution in [0.25, 0.3) is 10.8 Å². The molecule has 0 unspecified atom stereocenters. The molecule has 110 valence electrons. The van der Waals surface area contributed by atoms with Gasteiger partial charge in [0.15, 0.2) is 6.61 Å². The highest BCUT2D eigenvalue weighted by Gasteiger charge is 2.06. The molecule has 0 saturated carbocycles. The van der Waals surface area contributed by atoms with Crippen LogP contribution in [0.3, 0.4) is 0 Å². The Labute approximate surface area is 142 Å². The summed E-state index contributed by atoms with van der Waals surface area (Å²) in [5.74, 6) is 0.750. The molecule has 0 fully saturated rings. The predicted molar refractivity (Wildman–Crippen MR) is 94.2 cm³/mol. The van der Waals surface area contributed by atoms with Gasteiger partial charge in [0.2, 0.25) is 0 Å². The van der Waals surface area contributed by atoms with Crippen LogP contribution in [0.15, 0.2) is 66.7 Å². The number of fused-ring (bicyclic) bond motifs is 1. The van der Waals surface area contributed by atoms with Gasteiger partial charge in [-0.15, -0.1) is 0 Å². The Balaban J connectivity index is 1.60. The second-order valence-corrected chi connectivity index (χ2v) is 5.97. The van der Waals surface area contributed by atoms with Crippen molar-refractivity contribution in [3.63, 3.8) is 0 Å². The topological polar surface area (TPSA) is 35.5 Å². The second kappa shape index (κ2) is 6.79. The van der Waals surface area contributed by atoms with Gasteiger partial charge in [-0.1, -0.05) is 30.3 Å². The summed E-state index contributed by atoms with van der Waals surface area (Å²) in [7, 11) is 0. The lowest BCUT2D eigenvalue weighted by atomic mass is 10.1.